The number of piperidine rings is 1. The van der Waals surface area contributed by atoms with Crippen LogP contribution in [-0.4, -0.2) is 66.1 Å². The van der Waals surface area contributed by atoms with Crippen molar-refractivity contribution < 1.29 is 14.7 Å². The fourth-order valence-corrected chi connectivity index (χ4v) is 2.72. The van der Waals surface area contributed by atoms with Gasteiger partial charge < -0.3 is 32.5 Å². The van der Waals surface area contributed by atoms with Gasteiger partial charge in [0.2, 0.25) is 11.8 Å². The van der Waals surface area contributed by atoms with Gasteiger partial charge in [0.05, 0.1) is 6.61 Å². The number of nitrogens with one attached hydrogen (secondary N) is 1. The second-order valence-electron chi connectivity index (χ2n) is 6.27. The number of nitrogens with two attached hydrogens (primary N) is 3. The molecule has 1 aliphatic rings. The fraction of sp³-hybridized carbons (Fsp3) is 0.800. The molecule has 1 heterocycles. The summed E-state index contributed by atoms with van der Waals surface area (Å²) in [6.07, 6.45) is 2.93. The largest absolute Gasteiger partial charge is 0.394 e. The van der Waals surface area contributed by atoms with Gasteiger partial charge in [-0.25, -0.2) is 0 Å². The van der Waals surface area contributed by atoms with Crippen LogP contribution < -0.4 is 22.5 Å². The van der Waals surface area contributed by atoms with Crippen molar-refractivity contribution in [2.24, 2.45) is 28.1 Å². The van der Waals surface area contributed by atoms with Crippen molar-refractivity contribution in [3.05, 3.63) is 0 Å². The molecule has 138 valence electrons. The van der Waals surface area contributed by atoms with E-state index in [1.165, 1.54) is 4.90 Å². The molecule has 8 N–H and O–H groups in total. The van der Waals surface area contributed by atoms with E-state index in [0.717, 1.165) is 19.3 Å². The summed E-state index contributed by atoms with van der Waals surface area (Å²) in [5, 5.41) is 11.9. The third-order valence-corrected chi connectivity index (χ3v) is 4.14. The second kappa shape index (κ2) is 10.1. The first-order chi connectivity index (χ1) is 11.4. The molecule has 2 amide bonds. The van der Waals surface area contributed by atoms with Crippen molar-refractivity contribution in [2.75, 3.05) is 26.2 Å². The molecule has 3 atom stereocenters. The maximum atomic E-state index is 12.4. The lowest BCUT2D eigenvalue weighted by Crippen LogP contribution is -2.57. The number of amides is 2. The summed E-state index contributed by atoms with van der Waals surface area (Å²) >= 11 is 0. The molecular formula is C15H30N6O3. The molecule has 0 unspecified atom stereocenters. The molecule has 1 saturated heterocycles. The van der Waals surface area contributed by atoms with E-state index in [4.69, 9.17) is 22.3 Å². The van der Waals surface area contributed by atoms with Gasteiger partial charge in [0, 0.05) is 19.6 Å². The van der Waals surface area contributed by atoms with E-state index in [2.05, 4.69) is 17.2 Å². The Labute approximate surface area is 142 Å². The van der Waals surface area contributed by atoms with Gasteiger partial charge in [-0.05, 0) is 31.6 Å². The first-order valence-corrected chi connectivity index (χ1v) is 8.36. The highest BCUT2D eigenvalue weighted by Crippen LogP contribution is 2.23. The van der Waals surface area contributed by atoms with Crippen LogP contribution in [0.15, 0.2) is 4.99 Å². The fourth-order valence-electron chi connectivity index (χ4n) is 2.72. The Kier molecular flexibility index (Phi) is 8.48. The number of aliphatic imine (C=N–C) groups is 1. The van der Waals surface area contributed by atoms with Crippen molar-refractivity contribution in [2.45, 2.75) is 44.7 Å². The average molecular weight is 342 g/mol. The minimum atomic E-state index is -0.978. The van der Waals surface area contributed by atoms with E-state index in [0.29, 0.717) is 32.0 Å². The van der Waals surface area contributed by atoms with E-state index in [1.54, 1.807) is 0 Å². The third kappa shape index (κ3) is 6.32. The van der Waals surface area contributed by atoms with Crippen LogP contribution in [0.3, 0.4) is 0 Å². The molecule has 0 aromatic carbocycles. The number of hydrogen-bond acceptors (Lipinski definition) is 5. The van der Waals surface area contributed by atoms with E-state index >= 15 is 0 Å². The first-order valence-electron chi connectivity index (χ1n) is 8.36. The molecule has 0 aromatic heterocycles. The number of likely N-dealkylation sites (tertiary alicyclic amines) is 1. The van der Waals surface area contributed by atoms with Gasteiger partial charge in [0.1, 0.15) is 12.1 Å². The standard InChI is InChI=1S/C15H30N6O3/c1-10-4-7-21(14(24)11(16)9-22)12(8-10)13(23)19-5-2-3-6-20-15(17)18/h10-12,22H,2-9,16H2,1H3,(H,19,23)(H4,17,18,20)/t10-,11+,12-/m1/s1. The van der Waals surface area contributed by atoms with Crippen LogP contribution in [0, 0.1) is 5.92 Å². The quantitative estimate of drug-likeness (QED) is 0.197. The summed E-state index contributed by atoms with van der Waals surface area (Å²) in [6, 6.07) is -1.51. The molecule has 0 saturated carbocycles. The smallest absolute Gasteiger partial charge is 0.242 e. The van der Waals surface area contributed by atoms with Crippen LogP contribution in [0.25, 0.3) is 0 Å². The number of hydrogen-bond donors (Lipinski definition) is 5. The summed E-state index contributed by atoms with van der Waals surface area (Å²) in [6.45, 7) is 3.13. The first kappa shape index (κ1) is 20.2. The number of guanidine groups is 1. The van der Waals surface area contributed by atoms with E-state index in [9.17, 15) is 9.59 Å². The SMILES string of the molecule is C[C@@H]1CCN(C(=O)[C@@H](N)CO)[C@@H](C(=O)NCCCCN=C(N)N)C1. The number of aliphatic hydroxyl groups is 1. The minimum Gasteiger partial charge on any atom is -0.394 e. The van der Waals surface area contributed by atoms with Gasteiger partial charge in [-0.2, -0.15) is 0 Å². The summed E-state index contributed by atoms with van der Waals surface area (Å²) in [5.74, 6) is -0.138. The highest BCUT2D eigenvalue weighted by molar-refractivity contribution is 5.90. The Morgan fingerprint density at radius 3 is 2.71 bits per heavy atom. The molecule has 9 heteroatoms. The molecule has 0 aliphatic carbocycles. The minimum absolute atomic E-state index is 0.0598. The van der Waals surface area contributed by atoms with Crippen LogP contribution in [0.5, 0.6) is 0 Å². The van der Waals surface area contributed by atoms with Crippen molar-refractivity contribution in [3.63, 3.8) is 0 Å². The predicted molar refractivity (Wildman–Crippen MR) is 91.9 cm³/mol. The van der Waals surface area contributed by atoms with Crippen LogP contribution >= 0.6 is 0 Å². The highest BCUT2D eigenvalue weighted by Gasteiger charge is 2.36. The van der Waals surface area contributed by atoms with Crippen LogP contribution in [0.2, 0.25) is 0 Å². The Morgan fingerprint density at radius 2 is 2.08 bits per heavy atom. The molecule has 1 fully saturated rings. The zero-order chi connectivity index (χ0) is 18.1. The average Bonchev–Trinajstić information content (AvgIpc) is 2.56. The molecular weight excluding hydrogens is 312 g/mol. The van der Waals surface area contributed by atoms with Crippen molar-refractivity contribution >= 4 is 17.8 Å². The summed E-state index contributed by atoms with van der Waals surface area (Å²) < 4.78 is 0. The van der Waals surface area contributed by atoms with E-state index in [-0.39, 0.29) is 17.8 Å². The van der Waals surface area contributed by atoms with Gasteiger partial charge in [0.15, 0.2) is 5.96 Å². The van der Waals surface area contributed by atoms with Crippen molar-refractivity contribution in [1.82, 2.24) is 10.2 Å². The van der Waals surface area contributed by atoms with Crippen molar-refractivity contribution in [3.8, 4) is 0 Å². The van der Waals surface area contributed by atoms with E-state index < -0.39 is 18.7 Å². The second-order valence-corrected chi connectivity index (χ2v) is 6.27. The molecule has 0 radical (unpaired) electrons. The molecule has 1 aliphatic heterocycles. The summed E-state index contributed by atoms with van der Waals surface area (Å²) in [5.41, 5.74) is 16.1. The van der Waals surface area contributed by atoms with Gasteiger partial charge in [0.25, 0.3) is 0 Å². The Bertz CT molecular complexity index is 452. The highest BCUT2D eigenvalue weighted by atomic mass is 16.3. The lowest BCUT2D eigenvalue weighted by atomic mass is 9.91. The predicted octanol–water partition coefficient (Wildman–Crippen LogP) is -1.90. The zero-order valence-corrected chi connectivity index (χ0v) is 14.3. The maximum absolute atomic E-state index is 12.4. The summed E-state index contributed by atoms with van der Waals surface area (Å²) in [7, 11) is 0. The lowest BCUT2D eigenvalue weighted by Gasteiger charge is -2.38. The number of nitrogens with zero attached hydrogens (tertiary/aromatic N) is 2. The molecule has 9 nitrogen and oxygen atoms in total. The molecule has 24 heavy (non-hydrogen) atoms. The summed E-state index contributed by atoms with van der Waals surface area (Å²) in [4.78, 5) is 30.1. The third-order valence-electron chi connectivity index (χ3n) is 4.14. The Hall–Kier alpha value is -1.87. The Balaban J connectivity index is 2.50. The number of rotatable bonds is 8. The zero-order valence-electron chi connectivity index (χ0n) is 14.3. The Morgan fingerprint density at radius 1 is 1.38 bits per heavy atom. The van der Waals surface area contributed by atoms with Crippen LogP contribution in [0.1, 0.15) is 32.6 Å². The number of carbonyl (C=O) groups excluding carboxylic acids is 2. The normalized spacial score (nSPS) is 21.9. The topological polar surface area (TPSA) is 160 Å². The maximum Gasteiger partial charge on any atom is 0.242 e. The molecule has 0 bridgehead atoms. The van der Waals surface area contributed by atoms with Crippen molar-refractivity contribution in [1.29, 1.82) is 0 Å². The van der Waals surface area contributed by atoms with Crippen LogP contribution in [0.4, 0.5) is 0 Å². The van der Waals surface area contributed by atoms with Gasteiger partial charge in [-0.3, -0.25) is 14.6 Å². The number of unbranched alkanes of at least 4 members (excludes halogenated alkanes) is 1. The lowest BCUT2D eigenvalue weighted by molar-refractivity contribution is -0.144. The van der Waals surface area contributed by atoms with Gasteiger partial charge >= 0.3 is 0 Å². The monoisotopic (exact) mass is 342 g/mol. The van der Waals surface area contributed by atoms with Gasteiger partial charge in [-0.1, -0.05) is 6.92 Å². The van der Waals surface area contributed by atoms with E-state index in [1.807, 2.05) is 0 Å². The number of carbonyl (C=O) groups is 2. The molecule has 1 rings (SSSR count). The van der Waals surface area contributed by atoms with Gasteiger partial charge in [-0.15, -0.1) is 0 Å². The molecule has 0 aromatic rings. The molecule has 0 spiro atoms. The van der Waals surface area contributed by atoms with Crippen LogP contribution in [-0.2, 0) is 9.59 Å². The number of aliphatic hydroxyl groups excluding tert-OH is 1.